The molecule has 2 saturated heterocycles. The highest BCUT2D eigenvalue weighted by molar-refractivity contribution is 7.88. The lowest BCUT2D eigenvalue weighted by Gasteiger charge is -2.37. The summed E-state index contributed by atoms with van der Waals surface area (Å²) in [4.78, 5) is 2.44. The molecule has 0 saturated carbocycles. The Morgan fingerprint density at radius 3 is 2.50 bits per heavy atom. The number of nitrogens with one attached hydrogen (secondary N) is 1. The Balaban J connectivity index is 0.00000200. The summed E-state index contributed by atoms with van der Waals surface area (Å²) in [5.74, 6) is 0.489. The van der Waals surface area contributed by atoms with Gasteiger partial charge in [0.25, 0.3) is 0 Å². The highest BCUT2D eigenvalue weighted by Crippen LogP contribution is 2.21. The molecule has 1 atom stereocenters. The highest BCUT2D eigenvalue weighted by Gasteiger charge is 2.28. The Hall–Kier alpha value is 0.120. The second-order valence-corrected chi connectivity index (χ2v) is 8.03. The molecule has 2 fully saturated rings. The molecule has 1 unspecified atom stereocenters. The fourth-order valence-corrected chi connectivity index (χ4v) is 4.22. The number of rotatable bonds is 4. The van der Waals surface area contributed by atoms with Crippen LogP contribution in [-0.2, 0) is 10.0 Å². The lowest BCUT2D eigenvalue weighted by atomic mass is 9.97. The molecule has 0 spiro atoms. The molecule has 0 aliphatic carbocycles. The van der Waals surface area contributed by atoms with Gasteiger partial charge in [-0.1, -0.05) is 0 Å². The van der Waals surface area contributed by atoms with Gasteiger partial charge in [-0.2, -0.15) is 0 Å². The zero-order chi connectivity index (χ0) is 13.9. The Morgan fingerprint density at radius 1 is 1.25 bits per heavy atom. The molecule has 2 aliphatic heterocycles. The minimum Gasteiger partial charge on any atom is -0.317 e. The first-order valence-electron chi connectivity index (χ1n) is 7.33. The first-order chi connectivity index (χ1) is 8.97. The molecular formula is C13H28ClN3O2S. The van der Waals surface area contributed by atoms with Crippen LogP contribution in [0.3, 0.4) is 0 Å². The van der Waals surface area contributed by atoms with Crippen molar-refractivity contribution in [3.8, 4) is 0 Å². The topological polar surface area (TPSA) is 52.7 Å². The lowest BCUT2D eigenvalue weighted by Crippen LogP contribution is -2.46. The first kappa shape index (κ1) is 18.2. The van der Waals surface area contributed by atoms with Gasteiger partial charge in [-0.3, -0.25) is 0 Å². The summed E-state index contributed by atoms with van der Waals surface area (Å²) in [6, 6.07) is 0.662. The van der Waals surface area contributed by atoms with Gasteiger partial charge >= 0.3 is 0 Å². The summed E-state index contributed by atoms with van der Waals surface area (Å²) < 4.78 is 24.9. The average Bonchev–Trinajstić information content (AvgIpc) is 2.39. The van der Waals surface area contributed by atoms with E-state index in [0.717, 1.165) is 32.5 Å². The van der Waals surface area contributed by atoms with E-state index in [9.17, 15) is 8.42 Å². The maximum absolute atomic E-state index is 11.6. The van der Waals surface area contributed by atoms with Gasteiger partial charge < -0.3 is 10.2 Å². The van der Waals surface area contributed by atoms with Crippen molar-refractivity contribution in [2.75, 3.05) is 46.0 Å². The summed E-state index contributed by atoms with van der Waals surface area (Å²) in [5, 5.41) is 3.39. The molecule has 0 bridgehead atoms. The zero-order valence-corrected chi connectivity index (χ0v) is 14.2. The Morgan fingerprint density at radius 2 is 1.90 bits per heavy atom. The molecule has 2 aliphatic rings. The summed E-state index contributed by atoms with van der Waals surface area (Å²) in [7, 11) is -0.825. The number of hydrogen-bond acceptors (Lipinski definition) is 4. The summed E-state index contributed by atoms with van der Waals surface area (Å²) in [6.45, 7) is 4.64. The third-order valence-electron chi connectivity index (χ3n) is 4.43. The molecule has 0 aromatic rings. The molecular weight excluding hydrogens is 298 g/mol. The SMILES string of the molecule is CN(CC1CCCN(S(C)(=O)=O)C1)C1CCNCC1.Cl. The van der Waals surface area contributed by atoms with Gasteiger partial charge in [0.1, 0.15) is 0 Å². The maximum atomic E-state index is 11.6. The first-order valence-corrected chi connectivity index (χ1v) is 9.17. The zero-order valence-electron chi connectivity index (χ0n) is 12.5. The smallest absolute Gasteiger partial charge is 0.211 e. The van der Waals surface area contributed by atoms with E-state index in [2.05, 4.69) is 17.3 Å². The number of piperidine rings is 2. The Bertz CT molecular complexity index is 385. The molecule has 0 aromatic heterocycles. The summed E-state index contributed by atoms with van der Waals surface area (Å²) >= 11 is 0. The molecule has 0 amide bonds. The Labute approximate surface area is 129 Å². The van der Waals surface area contributed by atoms with Gasteiger partial charge in [-0.15, -0.1) is 12.4 Å². The van der Waals surface area contributed by atoms with Crippen LogP contribution in [0.15, 0.2) is 0 Å². The van der Waals surface area contributed by atoms with E-state index in [1.807, 2.05) is 0 Å². The molecule has 20 heavy (non-hydrogen) atoms. The van der Waals surface area contributed by atoms with Crippen molar-refractivity contribution in [2.45, 2.75) is 31.7 Å². The van der Waals surface area contributed by atoms with Crippen molar-refractivity contribution in [1.82, 2.24) is 14.5 Å². The highest BCUT2D eigenvalue weighted by atomic mass is 35.5. The lowest BCUT2D eigenvalue weighted by molar-refractivity contribution is 0.144. The van der Waals surface area contributed by atoms with Crippen molar-refractivity contribution >= 4 is 22.4 Å². The van der Waals surface area contributed by atoms with Gasteiger partial charge in [0.15, 0.2) is 0 Å². The third-order valence-corrected chi connectivity index (χ3v) is 5.70. The van der Waals surface area contributed by atoms with Gasteiger partial charge in [0.05, 0.1) is 6.26 Å². The van der Waals surface area contributed by atoms with Crippen LogP contribution in [0.1, 0.15) is 25.7 Å². The molecule has 0 radical (unpaired) electrons. The van der Waals surface area contributed by atoms with Crippen molar-refractivity contribution in [2.24, 2.45) is 5.92 Å². The fraction of sp³-hybridized carbons (Fsp3) is 1.00. The Kier molecular flexibility index (Phi) is 7.21. The van der Waals surface area contributed by atoms with E-state index in [-0.39, 0.29) is 12.4 Å². The van der Waals surface area contributed by atoms with Gasteiger partial charge in [0.2, 0.25) is 10.0 Å². The van der Waals surface area contributed by atoms with E-state index < -0.39 is 10.0 Å². The molecule has 120 valence electrons. The minimum atomic E-state index is -3.01. The third kappa shape index (κ3) is 5.15. The van der Waals surface area contributed by atoms with Gasteiger partial charge in [0, 0.05) is 25.7 Å². The second-order valence-electron chi connectivity index (χ2n) is 6.05. The molecule has 0 aromatic carbocycles. The molecule has 2 rings (SSSR count). The van der Waals surface area contributed by atoms with Crippen LogP contribution in [-0.4, -0.2) is 69.7 Å². The number of halogens is 1. The van der Waals surface area contributed by atoms with Crippen LogP contribution < -0.4 is 5.32 Å². The van der Waals surface area contributed by atoms with Crippen LogP contribution in [0.25, 0.3) is 0 Å². The number of sulfonamides is 1. The predicted octanol–water partition coefficient (Wildman–Crippen LogP) is 0.764. The fourth-order valence-electron chi connectivity index (χ4n) is 3.28. The van der Waals surface area contributed by atoms with Crippen molar-refractivity contribution < 1.29 is 8.42 Å². The molecule has 2 heterocycles. The van der Waals surface area contributed by atoms with Crippen molar-refractivity contribution in [1.29, 1.82) is 0 Å². The van der Waals surface area contributed by atoms with E-state index in [1.54, 1.807) is 4.31 Å². The second kappa shape index (κ2) is 7.94. The minimum absolute atomic E-state index is 0. The average molecular weight is 326 g/mol. The van der Waals surface area contributed by atoms with Gasteiger partial charge in [-0.05, 0) is 51.7 Å². The normalized spacial score (nSPS) is 26.4. The van der Waals surface area contributed by atoms with E-state index >= 15 is 0 Å². The maximum Gasteiger partial charge on any atom is 0.211 e. The standard InChI is InChI=1S/C13H27N3O2S.ClH/c1-15(13-5-7-14-8-6-13)10-12-4-3-9-16(11-12)19(2,17)18;/h12-14H,3-11H2,1-2H3;1H. The van der Waals surface area contributed by atoms with Crippen LogP contribution in [0.2, 0.25) is 0 Å². The molecule has 1 N–H and O–H groups in total. The number of nitrogens with zero attached hydrogens (tertiary/aromatic N) is 2. The summed E-state index contributed by atoms with van der Waals surface area (Å²) in [6.07, 6.45) is 5.89. The largest absolute Gasteiger partial charge is 0.317 e. The van der Waals surface area contributed by atoms with E-state index in [0.29, 0.717) is 25.0 Å². The van der Waals surface area contributed by atoms with Crippen LogP contribution in [0.4, 0.5) is 0 Å². The monoisotopic (exact) mass is 325 g/mol. The number of hydrogen-bond donors (Lipinski definition) is 1. The van der Waals surface area contributed by atoms with Gasteiger partial charge in [-0.25, -0.2) is 12.7 Å². The van der Waals surface area contributed by atoms with Crippen LogP contribution in [0, 0.1) is 5.92 Å². The van der Waals surface area contributed by atoms with Crippen LogP contribution >= 0.6 is 12.4 Å². The van der Waals surface area contributed by atoms with Crippen molar-refractivity contribution in [3.63, 3.8) is 0 Å². The van der Waals surface area contributed by atoms with Crippen molar-refractivity contribution in [3.05, 3.63) is 0 Å². The quantitative estimate of drug-likeness (QED) is 0.829. The predicted molar refractivity (Wildman–Crippen MR) is 84.9 cm³/mol. The van der Waals surface area contributed by atoms with Crippen LogP contribution in [0.5, 0.6) is 0 Å². The summed E-state index contributed by atoms with van der Waals surface area (Å²) in [5.41, 5.74) is 0. The van der Waals surface area contributed by atoms with E-state index in [4.69, 9.17) is 0 Å². The molecule has 7 heteroatoms. The molecule has 5 nitrogen and oxygen atoms in total. The van der Waals surface area contributed by atoms with E-state index in [1.165, 1.54) is 19.1 Å².